The predicted octanol–water partition coefficient (Wildman–Crippen LogP) is 4.62. The number of hydrogen-bond acceptors (Lipinski definition) is 2. The predicted molar refractivity (Wildman–Crippen MR) is 90.6 cm³/mol. The van der Waals surface area contributed by atoms with Crippen molar-refractivity contribution in [3.8, 4) is 0 Å². The fourth-order valence-electron chi connectivity index (χ4n) is 2.35. The number of furan rings is 1. The Hall–Kier alpha value is -2.07. The van der Waals surface area contributed by atoms with Crippen LogP contribution in [-0.4, -0.2) is 5.91 Å². The van der Waals surface area contributed by atoms with Crippen LogP contribution < -0.4 is 5.32 Å². The number of halogens is 1. The molecule has 1 atom stereocenters. The molecule has 22 heavy (non-hydrogen) atoms. The molecule has 1 heterocycles. The van der Waals surface area contributed by atoms with E-state index in [1.165, 1.54) is 0 Å². The smallest absolute Gasteiger partial charge is 0.227 e. The van der Waals surface area contributed by atoms with E-state index in [0.29, 0.717) is 6.54 Å². The summed E-state index contributed by atoms with van der Waals surface area (Å²) in [6.07, 6.45) is 1.67. The van der Waals surface area contributed by atoms with Gasteiger partial charge >= 0.3 is 0 Å². The van der Waals surface area contributed by atoms with E-state index >= 15 is 0 Å². The maximum absolute atomic E-state index is 12.3. The summed E-state index contributed by atoms with van der Waals surface area (Å²) >= 11 is 3.40. The Morgan fingerprint density at radius 1 is 1.18 bits per heavy atom. The average molecular weight is 358 g/mol. The van der Waals surface area contributed by atoms with Crippen LogP contribution >= 0.6 is 15.9 Å². The van der Waals surface area contributed by atoms with Gasteiger partial charge in [-0.05, 0) is 42.3 Å². The summed E-state index contributed by atoms with van der Waals surface area (Å²) in [5.41, 5.74) is 2.87. The number of amides is 1. The molecule has 0 aliphatic heterocycles. The first-order valence-corrected chi connectivity index (χ1v) is 7.92. The van der Waals surface area contributed by atoms with Crippen LogP contribution in [0.3, 0.4) is 0 Å². The lowest BCUT2D eigenvalue weighted by molar-refractivity contribution is -0.122. The molecule has 1 amide bonds. The number of carbonyl (C=O) groups is 1. The molecular weight excluding hydrogens is 342 g/mol. The molecule has 1 N–H and O–H groups in total. The molecule has 3 rings (SSSR count). The second-order valence-corrected chi connectivity index (χ2v) is 6.20. The third-order valence-electron chi connectivity index (χ3n) is 3.75. The average Bonchev–Trinajstić information content (AvgIpc) is 3.00. The van der Waals surface area contributed by atoms with Gasteiger partial charge in [-0.1, -0.05) is 40.2 Å². The van der Waals surface area contributed by atoms with Crippen molar-refractivity contribution in [3.05, 3.63) is 70.4 Å². The van der Waals surface area contributed by atoms with Crippen molar-refractivity contribution in [2.75, 3.05) is 0 Å². The lowest BCUT2D eigenvalue weighted by atomic mass is 10.0. The molecule has 2 aromatic carbocycles. The normalized spacial score (nSPS) is 12.3. The van der Waals surface area contributed by atoms with Crippen LogP contribution in [0.1, 0.15) is 24.0 Å². The molecule has 0 fully saturated rings. The highest BCUT2D eigenvalue weighted by Gasteiger charge is 2.14. The van der Waals surface area contributed by atoms with E-state index < -0.39 is 0 Å². The summed E-state index contributed by atoms with van der Waals surface area (Å²) in [7, 11) is 0. The lowest BCUT2D eigenvalue weighted by Crippen LogP contribution is -2.27. The molecular formula is C18H16BrNO2. The molecule has 3 aromatic rings. The molecule has 0 radical (unpaired) electrons. The van der Waals surface area contributed by atoms with Gasteiger partial charge in [0.1, 0.15) is 5.58 Å². The molecule has 112 valence electrons. The zero-order chi connectivity index (χ0) is 15.5. The number of carbonyl (C=O) groups excluding carboxylic acids is 1. The minimum Gasteiger partial charge on any atom is -0.464 e. The molecule has 0 spiro atoms. The Kier molecular flexibility index (Phi) is 4.29. The van der Waals surface area contributed by atoms with Crippen molar-refractivity contribution < 1.29 is 9.21 Å². The van der Waals surface area contributed by atoms with Crippen LogP contribution in [0.4, 0.5) is 0 Å². The van der Waals surface area contributed by atoms with Gasteiger partial charge in [-0.2, -0.15) is 0 Å². The van der Waals surface area contributed by atoms with Crippen molar-refractivity contribution >= 4 is 32.8 Å². The van der Waals surface area contributed by atoms with Gasteiger partial charge in [-0.3, -0.25) is 4.79 Å². The monoisotopic (exact) mass is 357 g/mol. The Balaban J connectivity index is 1.64. The van der Waals surface area contributed by atoms with E-state index in [1.54, 1.807) is 6.26 Å². The van der Waals surface area contributed by atoms with Crippen molar-refractivity contribution in [2.24, 2.45) is 0 Å². The van der Waals surface area contributed by atoms with E-state index in [9.17, 15) is 4.79 Å². The number of nitrogens with one attached hydrogen (secondary N) is 1. The largest absolute Gasteiger partial charge is 0.464 e. The van der Waals surface area contributed by atoms with Crippen LogP contribution in [0.15, 0.2) is 63.7 Å². The van der Waals surface area contributed by atoms with Crippen molar-refractivity contribution in [3.63, 3.8) is 0 Å². The first-order chi connectivity index (χ1) is 10.6. The van der Waals surface area contributed by atoms with Crippen LogP contribution in [0, 0.1) is 0 Å². The molecule has 0 saturated heterocycles. The lowest BCUT2D eigenvalue weighted by Gasteiger charge is -2.13. The molecule has 3 nitrogen and oxygen atoms in total. The van der Waals surface area contributed by atoms with E-state index in [4.69, 9.17) is 4.42 Å². The standard InChI is InChI=1S/C18H16BrNO2/c1-12(14-4-6-16(19)7-5-14)18(21)20-11-13-2-3-15-8-9-22-17(15)10-13/h2-10,12H,11H2,1H3,(H,20,21). The number of fused-ring (bicyclic) bond motifs is 1. The van der Waals surface area contributed by atoms with Crippen LogP contribution in [0.2, 0.25) is 0 Å². The SMILES string of the molecule is CC(C(=O)NCc1ccc2ccoc2c1)c1ccc(Br)cc1. The van der Waals surface area contributed by atoms with E-state index in [-0.39, 0.29) is 11.8 Å². The van der Waals surface area contributed by atoms with E-state index in [1.807, 2.05) is 55.5 Å². The third kappa shape index (κ3) is 3.22. The second-order valence-electron chi connectivity index (χ2n) is 5.28. The first kappa shape index (κ1) is 14.9. The summed E-state index contributed by atoms with van der Waals surface area (Å²) in [5, 5.41) is 4.04. The van der Waals surface area contributed by atoms with Gasteiger partial charge in [-0.25, -0.2) is 0 Å². The van der Waals surface area contributed by atoms with Gasteiger partial charge < -0.3 is 9.73 Å². The first-order valence-electron chi connectivity index (χ1n) is 7.13. The quantitative estimate of drug-likeness (QED) is 0.740. The zero-order valence-electron chi connectivity index (χ0n) is 12.2. The van der Waals surface area contributed by atoms with Gasteiger partial charge in [0.2, 0.25) is 5.91 Å². The number of rotatable bonds is 4. The Morgan fingerprint density at radius 3 is 2.73 bits per heavy atom. The topological polar surface area (TPSA) is 42.2 Å². The van der Waals surface area contributed by atoms with Gasteiger partial charge in [0.05, 0.1) is 12.2 Å². The molecule has 1 aromatic heterocycles. The maximum atomic E-state index is 12.3. The van der Waals surface area contributed by atoms with Gasteiger partial charge in [0, 0.05) is 16.4 Å². The van der Waals surface area contributed by atoms with E-state index in [0.717, 1.165) is 26.6 Å². The van der Waals surface area contributed by atoms with Gasteiger partial charge in [-0.15, -0.1) is 0 Å². The van der Waals surface area contributed by atoms with Crippen molar-refractivity contribution in [1.82, 2.24) is 5.32 Å². The Labute approximate surface area is 137 Å². The summed E-state index contributed by atoms with van der Waals surface area (Å²) in [6, 6.07) is 15.7. The molecule has 0 saturated carbocycles. The fourth-order valence-corrected chi connectivity index (χ4v) is 2.62. The van der Waals surface area contributed by atoms with Gasteiger partial charge in [0.15, 0.2) is 0 Å². The summed E-state index contributed by atoms with van der Waals surface area (Å²) < 4.78 is 6.39. The molecule has 0 aliphatic carbocycles. The van der Waals surface area contributed by atoms with E-state index in [2.05, 4.69) is 21.2 Å². The molecule has 0 bridgehead atoms. The highest BCUT2D eigenvalue weighted by Crippen LogP contribution is 2.20. The van der Waals surface area contributed by atoms with Crippen LogP contribution in [0.5, 0.6) is 0 Å². The molecule has 0 aliphatic rings. The van der Waals surface area contributed by atoms with Crippen molar-refractivity contribution in [1.29, 1.82) is 0 Å². The minimum absolute atomic E-state index is 0.0156. The highest BCUT2D eigenvalue weighted by atomic mass is 79.9. The maximum Gasteiger partial charge on any atom is 0.227 e. The number of hydrogen-bond donors (Lipinski definition) is 1. The summed E-state index contributed by atoms with van der Waals surface area (Å²) in [4.78, 5) is 12.3. The van der Waals surface area contributed by atoms with Crippen LogP contribution in [0.25, 0.3) is 11.0 Å². The third-order valence-corrected chi connectivity index (χ3v) is 4.28. The van der Waals surface area contributed by atoms with Crippen molar-refractivity contribution in [2.45, 2.75) is 19.4 Å². The minimum atomic E-state index is -0.180. The number of benzene rings is 2. The van der Waals surface area contributed by atoms with Crippen LogP contribution in [-0.2, 0) is 11.3 Å². The highest BCUT2D eigenvalue weighted by molar-refractivity contribution is 9.10. The Morgan fingerprint density at radius 2 is 1.95 bits per heavy atom. The summed E-state index contributed by atoms with van der Waals surface area (Å²) in [6.45, 7) is 2.41. The summed E-state index contributed by atoms with van der Waals surface area (Å²) in [5.74, 6) is -0.165. The molecule has 4 heteroatoms. The molecule has 1 unspecified atom stereocenters. The fraction of sp³-hybridized carbons (Fsp3) is 0.167. The van der Waals surface area contributed by atoms with Gasteiger partial charge in [0.25, 0.3) is 0 Å². The second kappa shape index (κ2) is 6.36. The Bertz CT molecular complexity index is 792. The zero-order valence-corrected chi connectivity index (χ0v) is 13.8.